The lowest BCUT2D eigenvalue weighted by Crippen LogP contribution is -1.93. The Labute approximate surface area is 123 Å². The minimum Gasteiger partial charge on any atom is -0.240 e. The summed E-state index contributed by atoms with van der Waals surface area (Å²) in [5.41, 5.74) is 3.70. The molecule has 1 heterocycles. The SMILES string of the molecule is Cc1ccc(-n2cc(SCc3ccccc3)cn2)cc1. The molecule has 2 nitrogen and oxygen atoms in total. The maximum absolute atomic E-state index is 4.42. The maximum Gasteiger partial charge on any atom is 0.0646 e. The van der Waals surface area contributed by atoms with Crippen LogP contribution >= 0.6 is 11.8 Å². The Bertz CT molecular complexity index is 672. The van der Waals surface area contributed by atoms with Gasteiger partial charge in [0.2, 0.25) is 0 Å². The molecule has 1 aromatic heterocycles. The van der Waals surface area contributed by atoms with E-state index in [2.05, 4.69) is 66.8 Å². The molecule has 0 saturated carbocycles. The van der Waals surface area contributed by atoms with E-state index in [1.54, 1.807) is 0 Å². The zero-order valence-electron chi connectivity index (χ0n) is 11.4. The number of rotatable bonds is 4. The molecule has 0 saturated heterocycles. The standard InChI is InChI=1S/C17H16N2S/c1-14-7-9-16(10-8-14)19-12-17(11-18-19)20-13-15-5-3-2-4-6-15/h2-12H,13H2,1H3. The van der Waals surface area contributed by atoms with Gasteiger partial charge in [-0.05, 0) is 24.6 Å². The molecule has 100 valence electrons. The highest BCUT2D eigenvalue weighted by Crippen LogP contribution is 2.23. The van der Waals surface area contributed by atoms with Gasteiger partial charge < -0.3 is 0 Å². The zero-order chi connectivity index (χ0) is 13.8. The van der Waals surface area contributed by atoms with Crippen LogP contribution in [0, 0.1) is 6.92 Å². The molecule has 0 aliphatic heterocycles. The van der Waals surface area contributed by atoms with Gasteiger partial charge in [-0.3, -0.25) is 0 Å². The van der Waals surface area contributed by atoms with Crippen molar-refractivity contribution in [2.75, 3.05) is 0 Å². The molecule has 0 N–H and O–H groups in total. The average molecular weight is 280 g/mol. The summed E-state index contributed by atoms with van der Waals surface area (Å²) in [7, 11) is 0. The molecule has 0 unspecified atom stereocenters. The number of benzene rings is 2. The van der Waals surface area contributed by atoms with Crippen molar-refractivity contribution < 1.29 is 0 Å². The Morgan fingerprint density at radius 1 is 1.00 bits per heavy atom. The summed E-state index contributed by atoms with van der Waals surface area (Å²) in [6.45, 7) is 2.09. The molecule has 0 fully saturated rings. The van der Waals surface area contributed by atoms with Gasteiger partial charge in [0.05, 0.1) is 11.9 Å². The van der Waals surface area contributed by atoms with Gasteiger partial charge in [-0.15, -0.1) is 11.8 Å². The minimum absolute atomic E-state index is 0.973. The van der Waals surface area contributed by atoms with Crippen LogP contribution in [0.1, 0.15) is 11.1 Å². The minimum atomic E-state index is 0.973. The highest BCUT2D eigenvalue weighted by atomic mass is 32.2. The van der Waals surface area contributed by atoms with Crippen molar-refractivity contribution in [1.82, 2.24) is 9.78 Å². The van der Waals surface area contributed by atoms with Gasteiger partial charge >= 0.3 is 0 Å². The van der Waals surface area contributed by atoms with Crippen LogP contribution in [0.25, 0.3) is 5.69 Å². The molecular weight excluding hydrogens is 264 g/mol. The van der Waals surface area contributed by atoms with Crippen molar-refractivity contribution in [3.63, 3.8) is 0 Å². The fourth-order valence-corrected chi connectivity index (χ4v) is 2.78. The fourth-order valence-electron chi connectivity index (χ4n) is 1.96. The number of aryl methyl sites for hydroxylation is 1. The van der Waals surface area contributed by atoms with Crippen LogP contribution in [0.3, 0.4) is 0 Å². The molecule has 0 aliphatic carbocycles. The van der Waals surface area contributed by atoms with Gasteiger partial charge in [0.25, 0.3) is 0 Å². The van der Waals surface area contributed by atoms with Gasteiger partial charge in [0, 0.05) is 16.8 Å². The lowest BCUT2D eigenvalue weighted by atomic mass is 10.2. The lowest BCUT2D eigenvalue weighted by Gasteiger charge is -2.01. The van der Waals surface area contributed by atoms with Crippen molar-refractivity contribution in [3.05, 3.63) is 78.1 Å². The first-order chi connectivity index (χ1) is 9.81. The van der Waals surface area contributed by atoms with E-state index in [-0.39, 0.29) is 0 Å². The molecule has 3 heteroatoms. The lowest BCUT2D eigenvalue weighted by molar-refractivity contribution is 0.879. The predicted molar refractivity (Wildman–Crippen MR) is 84.3 cm³/mol. The van der Waals surface area contributed by atoms with Gasteiger partial charge in [0.15, 0.2) is 0 Å². The number of nitrogens with zero attached hydrogens (tertiary/aromatic N) is 2. The highest BCUT2D eigenvalue weighted by Gasteiger charge is 2.02. The summed E-state index contributed by atoms with van der Waals surface area (Å²) < 4.78 is 1.92. The topological polar surface area (TPSA) is 17.8 Å². The van der Waals surface area contributed by atoms with E-state index in [1.165, 1.54) is 16.0 Å². The van der Waals surface area contributed by atoms with Gasteiger partial charge in [0.1, 0.15) is 0 Å². The molecule has 0 bridgehead atoms. The van der Waals surface area contributed by atoms with Crippen molar-refractivity contribution >= 4 is 11.8 Å². The number of thioether (sulfide) groups is 1. The van der Waals surface area contributed by atoms with Gasteiger partial charge in [-0.2, -0.15) is 5.10 Å². The van der Waals surface area contributed by atoms with Crippen molar-refractivity contribution in [2.45, 2.75) is 17.6 Å². The quantitative estimate of drug-likeness (QED) is 0.656. The van der Waals surface area contributed by atoms with Crippen LogP contribution < -0.4 is 0 Å². The predicted octanol–water partition coefficient (Wildman–Crippen LogP) is 4.47. The molecule has 0 radical (unpaired) electrons. The Hall–Kier alpha value is -2.00. The molecular formula is C17H16N2S. The third kappa shape index (κ3) is 3.11. The van der Waals surface area contributed by atoms with E-state index in [0.717, 1.165) is 11.4 Å². The van der Waals surface area contributed by atoms with E-state index in [0.29, 0.717) is 0 Å². The maximum atomic E-state index is 4.42. The Morgan fingerprint density at radius 3 is 2.50 bits per heavy atom. The molecule has 3 aromatic rings. The largest absolute Gasteiger partial charge is 0.240 e. The number of hydrogen-bond acceptors (Lipinski definition) is 2. The first kappa shape index (κ1) is 13.0. The molecule has 0 spiro atoms. The average Bonchev–Trinajstić information content (AvgIpc) is 2.96. The smallest absolute Gasteiger partial charge is 0.0646 e. The monoisotopic (exact) mass is 280 g/mol. The molecule has 3 rings (SSSR count). The Kier molecular flexibility index (Phi) is 3.88. The first-order valence-corrected chi connectivity index (χ1v) is 7.58. The van der Waals surface area contributed by atoms with Crippen molar-refractivity contribution in [1.29, 1.82) is 0 Å². The molecule has 0 atom stereocenters. The van der Waals surface area contributed by atoms with Crippen molar-refractivity contribution in [3.8, 4) is 5.69 Å². The molecule has 0 amide bonds. The highest BCUT2D eigenvalue weighted by molar-refractivity contribution is 7.98. The third-order valence-electron chi connectivity index (χ3n) is 3.11. The second kappa shape index (κ2) is 5.97. The summed E-state index contributed by atoms with van der Waals surface area (Å²) >= 11 is 1.81. The van der Waals surface area contributed by atoms with E-state index in [1.807, 2.05) is 28.7 Å². The van der Waals surface area contributed by atoms with Gasteiger partial charge in [-0.1, -0.05) is 48.0 Å². The summed E-state index contributed by atoms with van der Waals surface area (Å²) in [5, 5.41) is 4.42. The molecule has 0 aliphatic rings. The number of aromatic nitrogens is 2. The number of hydrogen-bond donors (Lipinski definition) is 0. The summed E-state index contributed by atoms with van der Waals surface area (Å²) in [6, 6.07) is 18.9. The van der Waals surface area contributed by atoms with Crippen LogP contribution in [0.5, 0.6) is 0 Å². The fraction of sp³-hybridized carbons (Fsp3) is 0.118. The van der Waals surface area contributed by atoms with Crippen LogP contribution in [0.4, 0.5) is 0 Å². The molecule has 20 heavy (non-hydrogen) atoms. The normalized spacial score (nSPS) is 10.7. The Balaban J connectivity index is 1.69. The second-order valence-electron chi connectivity index (χ2n) is 4.73. The zero-order valence-corrected chi connectivity index (χ0v) is 12.2. The van der Waals surface area contributed by atoms with E-state index in [9.17, 15) is 0 Å². The van der Waals surface area contributed by atoms with Gasteiger partial charge in [-0.25, -0.2) is 4.68 Å². The second-order valence-corrected chi connectivity index (χ2v) is 5.78. The first-order valence-electron chi connectivity index (χ1n) is 6.60. The third-order valence-corrected chi connectivity index (χ3v) is 4.13. The van der Waals surface area contributed by atoms with E-state index < -0.39 is 0 Å². The summed E-state index contributed by atoms with van der Waals surface area (Å²) in [4.78, 5) is 1.19. The summed E-state index contributed by atoms with van der Waals surface area (Å²) in [5.74, 6) is 0.973. The Morgan fingerprint density at radius 2 is 1.75 bits per heavy atom. The van der Waals surface area contributed by atoms with E-state index in [4.69, 9.17) is 0 Å². The van der Waals surface area contributed by atoms with Crippen LogP contribution in [0.15, 0.2) is 71.9 Å². The van der Waals surface area contributed by atoms with Crippen LogP contribution in [0.2, 0.25) is 0 Å². The van der Waals surface area contributed by atoms with Crippen molar-refractivity contribution in [2.24, 2.45) is 0 Å². The van der Waals surface area contributed by atoms with E-state index >= 15 is 0 Å². The van der Waals surface area contributed by atoms with Crippen LogP contribution in [-0.4, -0.2) is 9.78 Å². The molecule has 2 aromatic carbocycles. The van der Waals surface area contributed by atoms with Crippen LogP contribution in [-0.2, 0) is 5.75 Å². The summed E-state index contributed by atoms with van der Waals surface area (Å²) in [6.07, 6.45) is 4.01.